The largest absolute Gasteiger partial charge is 0.497 e. The average Bonchev–Trinajstić information content (AvgIpc) is 3.15. The summed E-state index contributed by atoms with van der Waals surface area (Å²) in [5.41, 5.74) is 0.407. The highest BCUT2D eigenvalue weighted by Crippen LogP contribution is 2.33. The maximum Gasteiger partial charge on any atom is 0.322 e. The smallest absolute Gasteiger partial charge is 0.322 e. The van der Waals surface area contributed by atoms with Gasteiger partial charge in [-0.15, -0.1) is 5.10 Å². The second kappa shape index (κ2) is 7.52. The second-order valence-corrected chi connectivity index (χ2v) is 5.24. The number of amides is 1. The van der Waals surface area contributed by atoms with Gasteiger partial charge in [-0.2, -0.15) is 0 Å². The highest BCUT2D eigenvalue weighted by molar-refractivity contribution is 6.03. The molecule has 0 spiro atoms. The summed E-state index contributed by atoms with van der Waals surface area (Å²) in [4.78, 5) is 22.5. The van der Waals surface area contributed by atoms with Crippen LogP contribution in [0.4, 0.5) is 11.7 Å². The fourth-order valence-electron chi connectivity index (χ4n) is 2.29. The lowest BCUT2D eigenvalue weighted by molar-refractivity contribution is -0.384. The number of nitrogens with one attached hydrogen (secondary N) is 1. The summed E-state index contributed by atoms with van der Waals surface area (Å²) in [6.45, 7) is 0. The Labute approximate surface area is 152 Å². The van der Waals surface area contributed by atoms with Gasteiger partial charge in [-0.1, -0.05) is 11.2 Å². The lowest BCUT2D eigenvalue weighted by atomic mass is 10.2. The minimum Gasteiger partial charge on any atom is -0.497 e. The van der Waals surface area contributed by atoms with E-state index in [9.17, 15) is 14.9 Å². The molecule has 0 radical (unpaired) electrons. The molecular formula is C17H14N4O6. The number of hydrogen-bond acceptors (Lipinski definition) is 8. The number of anilines is 1. The van der Waals surface area contributed by atoms with Gasteiger partial charge < -0.3 is 13.9 Å². The van der Waals surface area contributed by atoms with E-state index in [0.29, 0.717) is 17.1 Å². The highest BCUT2D eigenvalue weighted by Gasteiger charge is 2.17. The fourth-order valence-corrected chi connectivity index (χ4v) is 2.29. The first kappa shape index (κ1) is 17.9. The van der Waals surface area contributed by atoms with Crippen LogP contribution >= 0.6 is 0 Å². The van der Waals surface area contributed by atoms with Crippen LogP contribution in [0.25, 0.3) is 11.5 Å². The van der Waals surface area contributed by atoms with Gasteiger partial charge in [0.2, 0.25) is 0 Å². The second-order valence-electron chi connectivity index (χ2n) is 5.24. The predicted molar refractivity (Wildman–Crippen MR) is 93.9 cm³/mol. The molecule has 0 saturated heterocycles. The van der Waals surface area contributed by atoms with Crippen molar-refractivity contribution < 1.29 is 23.6 Å². The van der Waals surface area contributed by atoms with E-state index in [1.807, 2.05) is 0 Å². The van der Waals surface area contributed by atoms with Crippen LogP contribution in [-0.4, -0.2) is 35.2 Å². The molecule has 138 valence electrons. The molecule has 1 amide bonds. The topological polar surface area (TPSA) is 130 Å². The van der Waals surface area contributed by atoms with E-state index >= 15 is 0 Å². The maximum atomic E-state index is 12.2. The van der Waals surface area contributed by atoms with Gasteiger partial charge in [0.05, 0.1) is 24.7 Å². The van der Waals surface area contributed by atoms with Gasteiger partial charge in [-0.25, -0.2) is 0 Å². The Balaban J connectivity index is 1.81. The lowest BCUT2D eigenvalue weighted by Gasteiger charge is -2.07. The number of rotatable bonds is 6. The number of non-ortho nitro benzene ring substituents is 1. The Bertz CT molecular complexity index is 1000. The summed E-state index contributed by atoms with van der Waals surface area (Å²) in [5.74, 6) is 0.559. The van der Waals surface area contributed by atoms with Crippen molar-refractivity contribution in [3.8, 4) is 23.0 Å². The zero-order chi connectivity index (χ0) is 19.4. The number of aromatic nitrogens is 2. The van der Waals surface area contributed by atoms with Crippen LogP contribution in [0, 0.1) is 10.1 Å². The van der Waals surface area contributed by atoms with Crippen molar-refractivity contribution in [2.75, 3.05) is 19.5 Å². The summed E-state index contributed by atoms with van der Waals surface area (Å²) < 4.78 is 15.9. The molecule has 1 aromatic heterocycles. The SMILES string of the molecule is COc1ccc(-c2nnc(NC(=O)c3cccc([N+](=O)[O-])c3)o2)c(OC)c1. The van der Waals surface area contributed by atoms with Gasteiger partial charge in [0.25, 0.3) is 17.5 Å². The summed E-state index contributed by atoms with van der Waals surface area (Å²) in [7, 11) is 3.02. The molecule has 0 aliphatic heterocycles. The quantitative estimate of drug-likeness (QED) is 0.518. The molecule has 1 heterocycles. The number of carbonyl (C=O) groups is 1. The standard InChI is InChI=1S/C17H14N4O6/c1-25-12-6-7-13(14(9-12)26-2)16-19-20-17(27-16)18-15(22)10-4-3-5-11(8-10)21(23)24/h3-9H,1-2H3,(H,18,20,22). The Kier molecular flexibility index (Phi) is 4.97. The first-order chi connectivity index (χ1) is 13.0. The number of carbonyl (C=O) groups excluding carboxylic acids is 1. The third-order valence-electron chi connectivity index (χ3n) is 3.60. The van der Waals surface area contributed by atoms with E-state index in [1.54, 1.807) is 18.2 Å². The molecule has 10 heteroatoms. The Morgan fingerprint density at radius 2 is 1.96 bits per heavy atom. The Morgan fingerprint density at radius 1 is 1.15 bits per heavy atom. The fraction of sp³-hybridized carbons (Fsp3) is 0.118. The van der Waals surface area contributed by atoms with Crippen molar-refractivity contribution in [2.45, 2.75) is 0 Å². The zero-order valence-electron chi connectivity index (χ0n) is 14.3. The van der Waals surface area contributed by atoms with Gasteiger partial charge in [0.1, 0.15) is 11.5 Å². The van der Waals surface area contributed by atoms with Crippen molar-refractivity contribution in [1.29, 1.82) is 0 Å². The number of methoxy groups -OCH3 is 2. The maximum absolute atomic E-state index is 12.2. The van der Waals surface area contributed by atoms with Crippen LogP contribution in [-0.2, 0) is 0 Å². The molecule has 27 heavy (non-hydrogen) atoms. The van der Waals surface area contributed by atoms with E-state index in [0.717, 1.165) is 6.07 Å². The lowest BCUT2D eigenvalue weighted by Crippen LogP contribution is -2.12. The molecule has 1 N–H and O–H groups in total. The number of nitrogens with zero attached hydrogens (tertiary/aromatic N) is 3. The first-order valence-electron chi connectivity index (χ1n) is 7.63. The molecule has 3 aromatic rings. The molecule has 0 bridgehead atoms. The minimum absolute atomic E-state index is 0.0889. The van der Waals surface area contributed by atoms with Crippen molar-refractivity contribution in [3.05, 3.63) is 58.1 Å². The van der Waals surface area contributed by atoms with Crippen molar-refractivity contribution >= 4 is 17.6 Å². The molecule has 0 saturated carbocycles. The first-order valence-corrected chi connectivity index (χ1v) is 7.63. The van der Waals surface area contributed by atoms with Crippen molar-refractivity contribution in [2.24, 2.45) is 0 Å². The molecule has 0 atom stereocenters. The van der Waals surface area contributed by atoms with Crippen LogP contribution in [0.3, 0.4) is 0 Å². The summed E-state index contributed by atoms with van der Waals surface area (Å²) in [6.07, 6.45) is 0. The molecule has 0 aliphatic carbocycles. The van der Waals surface area contributed by atoms with E-state index in [1.165, 1.54) is 32.4 Å². The molecule has 0 aliphatic rings. The number of nitro groups is 1. The van der Waals surface area contributed by atoms with Crippen LogP contribution in [0.1, 0.15) is 10.4 Å². The minimum atomic E-state index is -0.615. The van der Waals surface area contributed by atoms with Crippen LogP contribution in [0.15, 0.2) is 46.9 Å². The molecular weight excluding hydrogens is 356 g/mol. The van der Waals surface area contributed by atoms with E-state index < -0.39 is 10.8 Å². The van der Waals surface area contributed by atoms with Crippen molar-refractivity contribution in [3.63, 3.8) is 0 Å². The zero-order valence-corrected chi connectivity index (χ0v) is 14.3. The van der Waals surface area contributed by atoms with E-state index in [2.05, 4.69) is 15.5 Å². The molecule has 0 unspecified atom stereocenters. The Hall–Kier alpha value is -3.95. The average molecular weight is 370 g/mol. The summed E-state index contributed by atoms with van der Waals surface area (Å²) >= 11 is 0. The predicted octanol–water partition coefficient (Wildman–Crippen LogP) is 2.91. The molecule has 2 aromatic carbocycles. The van der Waals surface area contributed by atoms with Gasteiger partial charge in [-0.3, -0.25) is 20.2 Å². The van der Waals surface area contributed by atoms with Crippen LogP contribution in [0.2, 0.25) is 0 Å². The van der Waals surface area contributed by atoms with Gasteiger partial charge in [0, 0.05) is 23.8 Å². The number of ether oxygens (including phenoxy) is 2. The van der Waals surface area contributed by atoms with Gasteiger partial charge in [-0.05, 0) is 18.2 Å². The third-order valence-corrected chi connectivity index (χ3v) is 3.60. The van der Waals surface area contributed by atoms with Gasteiger partial charge >= 0.3 is 6.01 Å². The number of hydrogen-bond donors (Lipinski definition) is 1. The summed E-state index contributed by atoms with van der Waals surface area (Å²) in [6, 6.07) is 10.2. The monoisotopic (exact) mass is 370 g/mol. The number of benzene rings is 2. The summed E-state index contributed by atoms with van der Waals surface area (Å²) in [5, 5.41) is 20.9. The number of nitro benzene ring substituents is 1. The van der Waals surface area contributed by atoms with Gasteiger partial charge in [0.15, 0.2) is 0 Å². The third kappa shape index (κ3) is 3.84. The molecule has 10 nitrogen and oxygen atoms in total. The van der Waals surface area contributed by atoms with Crippen molar-refractivity contribution in [1.82, 2.24) is 10.2 Å². The van der Waals surface area contributed by atoms with Crippen LogP contribution < -0.4 is 14.8 Å². The van der Waals surface area contributed by atoms with E-state index in [4.69, 9.17) is 13.9 Å². The molecule has 3 rings (SSSR count). The normalized spacial score (nSPS) is 10.3. The van der Waals surface area contributed by atoms with E-state index in [-0.39, 0.29) is 23.2 Å². The Morgan fingerprint density at radius 3 is 2.67 bits per heavy atom. The van der Waals surface area contributed by atoms with Crippen LogP contribution in [0.5, 0.6) is 11.5 Å². The highest BCUT2D eigenvalue weighted by atomic mass is 16.6. The molecule has 0 fully saturated rings.